The lowest BCUT2D eigenvalue weighted by Crippen LogP contribution is -2.38. The highest BCUT2D eigenvalue weighted by Crippen LogP contribution is 2.43. The third-order valence-corrected chi connectivity index (χ3v) is 11.4. The molecule has 4 unspecified atom stereocenters. The Morgan fingerprint density at radius 3 is 2.27 bits per heavy atom. The molecule has 7 rings (SSSR count). The van der Waals surface area contributed by atoms with Gasteiger partial charge in [0.2, 0.25) is 15.2 Å². The van der Waals surface area contributed by atoms with Crippen LogP contribution in [0.4, 0.5) is 0 Å². The first-order valence-corrected chi connectivity index (χ1v) is 19.2. The molecule has 2 heterocycles. The first-order chi connectivity index (χ1) is 25.3. The fourth-order valence-electron chi connectivity index (χ4n) is 6.05. The maximum atomic E-state index is 12.8. The summed E-state index contributed by atoms with van der Waals surface area (Å²) in [4.78, 5) is 0.225. The predicted octanol–water partition coefficient (Wildman–Crippen LogP) is 6.59. The van der Waals surface area contributed by atoms with Crippen LogP contribution < -0.4 is 4.72 Å². The molecule has 13 heteroatoms. The molecule has 3 N–H and O–H groups in total. The lowest BCUT2D eigenvalue weighted by Gasteiger charge is -2.41. The maximum Gasteiger partial charge on any atom is 0.240 e. The van der Waals surface area contributed by atoms with E-state index in [1.807, 2.05) is 72.8 Å². The van der Waals surface area contributed by atoms with Crippen LogP contribution in [0.1, 0.15) is 41.6 Å². The molecule has 0 bridgehead atoms. The van der Waals surface area contributed by atoms with E-state index in [9.17, 15) is 18.6 Å². The molecule has 1 aliphatic rings. The zero-order valence-corrected chi connectivity index (χ0v) is 29.8. The number of sulfonamides is 1. The number of nitrogens with zero attached hydrogens (tertiary/aromatic N) is 4. The van der Waals surface area contributed by atoms with Crippen LogP contribution in [-0.4, -0.2) is 50.7 Å². The molecule has 6 aromatic rings. The molecular weight excluding hydrogens is 699 g/mol. The molecule has 5 aromatic carbocycles. The average Bonchev–Trinajstić information content (AvgIpc) is 3.66. The van der Waals surface area contributed by atoms with E-state index < -0.39 is 16.3 Å². The van der Waals surface area contributed by atoms with Crippen LogP contribution in [-0.2, 0) is 32.6 Å². The lowest BCUT2D eigenvalue weighted by molar-refractivity contribution is -0.268. The molecule has 1 aliphatic heterocycles. The molecule has 0 radical (unpaired) electrons. The van der Waals surface area contributed by atoms with Gasteiger partial charge in [-0.2, -0.15) is 4.68 Å². The van der Waals surface area contributed by atoms with Crippen molar-refractivity contribution in [2.45, 2.75) is 48.6 Å². The van der Waals surface area contributed by atoms with Gasteiger partial charge in [-0.1, -0.05) is 104 Å². The smallest absolute Gasteiger partial charge is 0.240 e. The van der Waals surface area contributed by atoms with E-state index in [1.54, 1.807) is 59.3 Å². The van der Waals surface area contributed by atoms with Gasteiger partial charge < -0.3 is 19.7 Å². The normalized spacial score (nSPS) is 19.0. The van der Waals surface area contributed by atoms with Crippen LogP contribution in [0.2, 0.25) is 0 Å². The molecule has 266 valence electrons. The molecule has 11 nitrogen and oxygen atoms in total. The summed E-state index contributed by atoms with van der Waals surface area (Å²) in [7, 11) is -3.63. The van der Waals surface area contributed by atoms with Crippen molar-refractivity contribution in [1.82, 2.24) is 24.9 Å². The van der Waals surface area contributed by atoms with E-state index in [0.717, 1.165) is 39.1 Å². The van der Waals surface area contributed by atoms with Crippen molar-refractivity contribution in [2.24, 2.45) is 5.92 Å². The summed E-state index contributed by atoms with van der Waals surface area (Å²) in [6.45, 7) is 2.22. The van der Waals surface area contributed by atoms with Crippen molar-refractivity contribution < 1.29 is 28.1 Å². The molecule has 1 aromatic heterocycles. The number of phenolic OH excluding ortho intramolecular Hbond substituents is 1. The zero-order valence-electron chi connectivity index (χ0n) is 28.2. The molecule has 0 saturated carbocycles. The number of nitrogens with one attached hydrogen (secondary N) is 1. The van der Waals surface area contributed by atoms with Crippen molar-refractivity contribution in [3.63, 3.8) is 0 Å². The number of phenols is 1. The zero-order chi connectivity index (χ0) is 36.1. The number of aliphatic hydroxyl groups is 1. The Bertz CT molecular complexity index is 2200. The Labute approximate surface area is 306 Å². The van der Waals surface area contributed by atoms with E-state index >= 15 is 0 Å². The van der Waals surface area contributed by atoms with E-state index in [4.69, 9.17) is 9.47 Å². The number of tetrazole rings is 1. The van der Waals surface area contributed by atoms with Crippen molar-refractivity contribution in [2.75, 3.05) is 5.75 Å². The predicted molar refractivity (Wildman–Crippen MR) is 197 cm³/mol. The van der Waals surface area contributed by atoms with E-state index in [0.29, 0.717) is 10.9 Å². The fraction of sp³-hybridized carbons (Fsp3) is 0.205. The number of hydrogen-bond acceptors (Lipinski definition) is 10. The number of ether oxygens (including phenoxy) is 2. The van der Waals surface area contributed by atoms with E-state index in [2.05, 4.69) is 27.2 Å². The summed E-state index contributed by atoms with van der Waals surface area (Å²) in [6.07, 6.45) is -1.20. The van der Waals surface area contributed by atoms with Crippen molar-refractivity contribution >= 4 is 21.8 Å². The average molecular weight is 736 g/mol. The second-order valence-corrected chi connectivity index (χ2v) is 15.2. The Morgan fingerprint density at radius 2 is 1.54 bits per heavy atom. The van der Waals surface area contributed by atoms with Crippen LogP contribution in [0.15, 0.2) is 137 Å². The first kappa shape index (κ1) is 35.5. The Morgan fingerprint density at radius 1 is 0.808 bits per heavy atom. The van der Waals surface area contributed by atoms with Crippen LogP contribution in [0.25, 0.3) is 16.8 Å². The molecule has 0 aliphatic carbocycles. The topological polar surface area (TPSA) is 149 Å². The summed E-state index contributed by atoms with van der Waals surface area (Å²) in [6, 6.07) is 38.5. The van der Waals surface area contributed by atoms with Crippen LogP contribution >= 0.6 is 11.8 Å². The molecular formula is C39H37N5O6S2. The number of rotatable bonds is 12. The first-order valence-electron chi connectivity index (χ1n) is 16.7. The van der Waals surface area contributed by atoms with E-state index in [1.165, 1.54) is 11.8 Å². The van der Waals surface area contributed by atoms with Crippen molar-refractivity contribution in [3.8, 4) is 22.6 Å². The standard InChI is InChI=1S/C39H37N5O6S2/c1-26-36(25-51-39-41-42-43-44(39)33-18-20-34(46)21-19-33)49-38(50-37(26)30-12-10-27(24-45)11-13-30)31-16-14-29(15-17-31)32-7-5-6-28(22-32)23-40-52(47,48)35-8-3-2-4-9-35/h2-22,26,36-38,40,45-46H,23-25H2,1H3. The quantitative estimate of drug-likeness (QED) is 0.118. The highest BCUT2D eigenvalue weighted by Gasteiger charge is 2.38. The molecule has 1 fully saturated rings. The third-order valence-electron chi connectivity index (χ3n) is 9.00. The summed E-state index contributed by atoms with van der Waals surface area (Å²) >= 11 is 1.48. The minimum absolute atomic E-state index is 0.0388. The molecule has 4 atom stereocenters. The highest BCUT2D eigenvalue weighted by molar-refractivity contribution is 7.99. The largest absolute Gasteiger partial charge is 0.508 e. The molecule has 0 amide bonds. The van der Waals surface area contributed by atoms with Crippen LogP contribution in [0.5, 0.6) is 5.75 Å². The second-order valence-electron chi connectivity index (χ2n) is 12.5. The van der Waals surface area contributed by atoms with Crippen molar-refractivity contribution in [3.05, 3.63) is 150 Å². The highest BCUT2D eigenvalue weighted by atomic mass is 32.2. The van der Waals surface area contributed by atoms with E-state index in [-0.39, 0.29) is 41.9 Å². The minimum atomic E-state index is -3.63. The Hall–Kier alpha value is -4.89. The number of aromatic hydroxyl groups is 1. The summed E-state index contributed by atoms with van der Waals surface area (Å²) < 4.78 is 43.1. The SMILES string of the molecule is CC1C(CSc2nnnn2-c2ccc(O)cc2)OC(c2ccc(-c3cccc(CNS(=O)(=O)c4ccccc4)c3)cc2)OC1c1ccc(CO)cc1. The van der Waals surface area contributed by atoms with Gasteiger partial charge in [-0.3, -0.25) is 0 Å². The Kier molecular flexibility index (Phi) is 10.8. The van der Waals surface area contributed by atoms with Gasteiger partial charge in [0, 0.05) is 23.8 Å². The molecule has 1 saturated heterocycles. The number of benzene rings is 5. The van der Waals surface area contributed by atoms with Gasteiger partial charge in [0.15, 0.2) is 6.29 Å². The minimum Gasteiger partial charge on any atom is -0.508 e. The van der Waals surface area contributed by atoms with Crippen molar-refractivity contribution in [1.29, 1.82) is 0 Å². The van der Waals surface area contributed by atoms with Gasteiger partial charge >= 0.3 is 0 Å². The Balaban J connectivity index is 1.09. The second kappa shape index (κ2) is 15.8. The van der Waals surface area contributed by atoms with Gasteiger partial charge in [0.25, 0.3) is 0 Å². The summed E-state index contributed by atoms with van der Waals surface area (Å²) in [5.74, 6) is 0.664. The van der Waals surface area contributed by atoms with Crippen LogP contribution in [0, 0.1) is 5.92 Å². The molecule has 0 spiro atoms. The lowest BCUT2D eigenvalue weighted by atomic mass is 9.91. The number of aliphatic hydroxyl groups excluding tert-OH is 1. The molecule has 52 heavy (non-hydrogen) atoms. The maximum absolute atomic E-state index is 12.8. The monoisotopic (exact) mass is 735 g/mol. The van der Waals surface area contributed by atoms with Crippen LogP contribution in [0.3, 0.4) is 0 Å². The van der Waals surface area contributed by atoms with Gasteiger partial charge in [0.1, 0.15) is 5.75 Å². The number of hydrogen-bond donors (Lipinski definition) is 3. The van der Waals surface area contributed by atoms with Gasteiger partial charge in [-0.25, -0.2) is 13.1 Å². The summed E-state index contributed by atoms with van der Waals surface area (Å²) in [5.41, 5.74) is 6.13. The van der Waals surface area contributed by atoms with Gasteiger partial charge in [0.05, 0.1) is 29.4 Å². The third kappa shape index (κ3) is 8.10. The number of aromatic nitrogens is 4. The fourth-order valence-corrected chi connectivity index (χ4v) is 8.14. The summed E-state index contributed by atoms with van der Waals surface area (Å²) in [5, 5.41) is 32.2. The van der Waals surface area contributed by atoms with Gasteiger partial charge in [-0.05, 0) is 80.7 Å². The number of thioether (sulfide) groups is 1. The van der Waals surface area contributed by atoms with Gasteiger partial charge in [-0.15, -0.1) is 5.10 Å².